The fraction of sp³-hybridized carbons (Fsp3) is 0.500. The van der Waals surface area contributed by atoms with Crippen molar-refractivity contribution in [2.75, 3.05) is 19.8 Å². The first-order valence-electron chi connectivity index (χ1n) is 5.20. The van der Waals surface area contributed by atoms with Crippen LogP contribution in [0, 0.1) is 6.92 Å². The molecule has 3 heteroatoms. The maximum atomic E-state index is 5.57. The van der Waals surface area contributed by atoms with Crippen LogP contribution in [0.25, 0.3) is 0 Å². The summed E-state index contributed by atoms with van der Waals surface area (Å²) in [7, 11) is 0. The molecule has 0 N–H and O–H groups in total. The van der Waals surface area contributed by atoms with E-state index in [1.807, 2.05) is 18.2 Å². The molecule has 15 heavy (non-hydrogen) atoms. The van der Waals surface area contributed by atoms with Gasteiger partial charge in [-0.05, 0) is 47.0 Å². The van der Waals surface area contributed by atoms with Crippen molar-refractivity contribution in [2.24, 2.45) is 0 Å². The van der Waals surface area contributed by atoms with E-state index in [2.05, 4.69) is 29.8 Å². The minimum atomic E-state index is 0.599. The van der Waals surface area contributed by atoms with Crippen molar-refractivity contribution < 1.29 is 9.47 Å². The van der Waals surface area contributed by atoms with Gasteiger partial charge in [-0.2, -0.15) is 0 Å². The molecule has 0 aliphatic heterocycles. The minimum absolute atomic E-state index is 0.599. The third-order valence-electron chi connectivity index (χ3n) is 1.92. The number of rotatable bonds is 6. The molecule has 0 atom stereocenters. The monoisotopic (exact) mass is 272 g/mol. The summed E-state index contributed by atoms with van der Waals surface area (Å²) in [5.74, 6) is 0.876. The van der Waals surface area contributed by atoms with Gasteiger partial charge in [-0.3, -0.25) is 0 Å². The van der Waals surface area contributed by atoms with E-state index < -0.39 is 0 Å². The van der Waals surface area contributed by atoms with Crippen LogP contribution >= 0.6 is 15.9 Å². The van der Waals surface area contributed by atoms with Crippen molar-refractivity contribution in [2.45, 2.75) is 20.3 Å². The molecule has 0 aliphatic carbocycles. The summed E-state index contributed by atoms with van der Waals surface area (Å²) < 4.78 is 11.9. The Morgan fingerprint density at radius 2 is 2.00 bits per heavy atom. The molecule has 1 aromatic rings. The Morgan fingerprint density at radius 3 is 2.67 bits per heavy atom. The average molecular weight is 273 g/mol. The van der Waals surface area contributed by atoms with Crippen LogP contribution in [0.5, 0.6) is 5.75 Å². The molecule has 0 unspecified atom stereocenters. The molecule has 0 radical (unpaired) electrons. The van der Waals surface area contributed by atoms with Crippen molar-refractivity contribution in [3.63, 3.8) is 0 Å². The molecule has 0 fully saturated rings. The van der Waals surface area contributed by atoms with E-state index in [4.69, 9.17) is 9.47 Å². The van der Waals surface area contributed by atoms with Crippen LogP contribution in [0.3, 0.4) is 0 Å². The molecule has 0 bridgehead atoms. The predicted molar refractivity (Wildman–Crippen MR) is 65.5 cm³/mol. The summed E-state index contributed by atoms with van der Waals surface area (Å²) in [6, 6.07) is 6.05. The summed E-state index contributed by atoms with van der Waals surface area (Å²) in [5.41, 5.74) is 1.22. The zero-order chi connectivity index (χ0) is 11.1. The first-order chi connectivity index (χ1) is 7.24. The Balaban J connectivity index is 2.31. The largest absolute Gasteiger partial charge is 0.490 e. The predicted octanol–water partition coefficient (Wildman–Crippen LogP) is 3.56. The molecular formula is C12H17BrO2. The van der Waals surface area contributed by atoms with Crippen LogP contribution in [0.15, 0.2) is 22.7 Å². The van der Waals surface area contributed by atoms with Crippen molar-refractivity contribution >= 4 is 15.9 Å². The molecule has 0 amide bonds. The fourth-order valence-electron chi connectivity index (χ4n) is 1.18. The molecular weight excluding hydrogens is 256 g/mol. The van der Waals surface area contributed by atoms with Gasteiger partial charge in [0.05, 0.1) is 11.1 Å². The fourth-order valence-corrected chi connectivity index (χ4v) is 1.79. The first-order valence-corrected chi connectivity index (χ1v) is 6.00. The van der Waals surface area contributed by atoms with Crippen LogP contribution in [0.4, 0.5) is 0 Å². The van der Waals surface area contributed by atoms with Gasteiger partial charge in [0.1, 0.15) is 12.4 Å². The molecule has 0 heterocycles. The molecule has 2 nitrogen and oxygen atoms in total. The lowest BCUT2D eigenvalue weighted by Gasteiger charge is -2.08. The van der Waals surface area contributed by atoms with E-state index >= 15 is 0 Å². The molecule has 0 spiro atoms. The van der Waals surface area contributed by atoms with Crippen molar-refractivity contribution in [1.29, 1.82) is 0 Å². The number of halogens is 1. The van der Waals surface area contributed by atoms with Gasteiger partial charge in [-0.15, -0.1) is 0 Å². The molecule has 84 valence electrons. The van der Waals surface area contributed by atoms with Crippen molar-refractivity contribution in [1.82, 2.24) is 0 Å². The van der Waals surface area contributed by atoms with Gasteiger partial charge >= 0.3 is 0 Å². The number of hydrogen-bond acceptors (Lipinski definition) is 2. The van der Waals surface area contributed by atoms with Gasteiger partial charge in [0.25, 0.3) is 0 Å². The Kier molecular flexibility index (Phi) is 5.73. The van der Waals surface area contributed by atoms with E-state index in [1.165, 1.54) is 5.56 Å². The molecule has 0 saturated carbocycles. The number of aryl methyl sites for hydroxylation is 1. The maximum absolute atomic E-state index is 5.57. The van der Waals surface area contributed by atoms with E-state index in [0.29, 0.717) is 13.2 Å². The standard InChI is InChI=1S/C12H17BrO2/c1-3-6-14-7-8-15-12-5-4-10(2)9-11(12)13/h4-5,9H,3,6-8H2,1-2H3. The average Bonchev–Trinajstić information content (AvgIpc) is 2.20. The third-order valence-corrected chi connectivity index (χ3v) is 2.54. The van der Waals surface area contributed by atoms with Crippen LogP contribution in [0.2, 0.25) is 0 Å². The lowest BCUT2D eigenvalue weighted by molar-refractivity contribution is 0.100. The van der Waals surface area contributed by atoms with E-state index in [-0.39, 0.29) is 0 Å². The van der Waals surface area contributed by atoms with Gasteiger partial charge in [-0.25, -0.2) is 0 Å². The van der Waals surface area contributed by atoms with Gasteiger partial charge in [0.15, 0.2) is 0 Å². The zero-order valence-electron chi connectivity index (χ0n) is 9.25. The highest BCUT2D eigenvalue weighted by Gasteiger charge is 2.00. The lowest BCUT2D eigenvalue weighted by atomic mass is 10.2. The van der Waals surface area contributed by atoms with E-state index in [0.717, 1.165) is 23.2 Å². The van der Waals surface area contributed by atoms with Crippen LogP contribution < -0.4 is 4.74 Å². The number of benzene rings is 1. The molecule has 0 saturated heterocycles. The Hall–Kier alpha value is -0.540. The van der Waals surface area contributed by atoms with Gasteiger partial charge in [-0.1, -0.05) is 13.0 Å². The Morgan fingerprint density at radius 1 is 1.20 bits per heavy atom. The first kappa shape index (κ1) is 12.5. The second-order valence-corrected chi connectivity index (χ2v) is 4.25. The highest BCUT2D eigenvalue weighted by Crippen LogP contribution is 2.25. The molecule has 0 aliphatic rings. The molecule has 1 aromatic carbocycles. The third kappa shape index (κ3) is 4.67. The normalized spacial score (nSPS) is 10.3. The summed E-state index contributed by atoms with van der Waals surface area (Å²) >= 11 is 3.46. The highest BCUT2D eigenvalue weighted by molar-refractivity contribution is 9.10. The minimum Gasteiger partial charge on any atom is -0.490 e. The number of ether oxygens (including phenoxy) is 2. The lowest BCUT2D eigenvalue weighted by Crippen LogP contribution is -2.07. The van der Waals surface area contributed by atoms with Crippen molar-refractivity contribution in [3.05, 3.63) is 28.2 Å². The number of hydrogen-bond donors (Lipinski definition) is 0. The van der Waals surface area contributed by atoms with Crippen LogP contribution in [-0.2, 0) is 4.74 Å². The van der Waals surface area contributed by atoms with Gasteiger partial charge in [0.2, 0.25) is 0 Å². The summed E-state index contributed by atoms with van der Waals surface area (Å²) in [5, 5.41) is 0. The van der Waals surface area contributed by atoms with Gasteiger partial charge < -0.3 is 9.47 Å². The van der Waals surface area contributed by atoms with E-state index in [9.17, 15) is 0 Å². The molecule has 1 rings (SSSR count). The van der Waals surface area contributed by atoms with Crippen molar-refractivity contribution in [3.8, 4) is 5.75 Å². The quantitative estimate of drug-likeness (QED) is 0.738. The smallest absolute Gasteiger partial charge is 0.133 e. The summed E-state index contributed by atoms with van der Waals surface area (Å²) in [6.45, 7) is 6.20. The second-order valence-electron chi connectivity index (χ2n) is 3.39. The summed E-state index contributed by atoms with van der Waals surface area (Å²) in [4.78, 5) is 0. The topological polar surface area (TPSA) is 18.5 Å². The zero-order valence-corrected chi connectivity index (χ0v) is 10.8. The SMILES string of the molecule is CCCOCCOc1ccc(C)cc1Br. The highest BCUT2D eigenvalue weighted by atomic mass is 79.9. The summed E-state index contributed by atoms with van der Waals surface area (Å²) in [6.07, 6.45) is 1.05. The van der Waals surface area contributed by atoms with Crippen LogP contribution in [0.1, 0.15) is 18.9 Å². The second kappa shape index (κ2) is 6.85. The van der Waals surface area contributed by atoms with Gasteiger partial charge in [0, 0.05) is 6.61 Å². The Bertz CT molecular complexity index is 300. The van der Waals surface area contributed by atoms with Crippen LogP contribution in [-0.4, -0.2) is 19.8 Å². The Labute approximate surface area is 99.7 Å². The maximum Gasteiger partial charge on any atom is 0.133 e. The van der Waals surface area contributed by atoms with E-state index in [1.54, 1.807) is 0 Å². The molecule has 0 aromatic heterocycles.